The number of sulfonamides is 1. The topological polar surface area (TPSA) is 122 Å². The van der Waals surface area contributed by atoms with Gasteiger partial charge in [0.15, 0.2) is 0 Å². The average Bonchev–Trinajstić information content (AvgIpc) is 3.34. The predicted molar refractivity (Wildman–Crippen MR) is 128 cm³/mol. The quantitative estimate of drug-likeness (QED) is 0.626. The van der Waals surface area contributed by atoms with Crippen LogP contribution in [0.15, 0.2) is 35.3 Å². The number of hydrogen-bond acceptors (Lipinski definition) is 7. The van der Waals surface area contributed by atoms with Crippen LogP contribution in [0.1, 0.15) is 49.9 Å². The molecule has 34 heavy (non-hydrogen) atoms. The average molecular weight is 491 g/mol. The Kier molecular flexibility index (Phi) is 6.94. The Morgan fingerprint density at radius 3 is 2.26 bits per heavy atom. The molecule has 2 aromatic rings. The molecule has 1 aromatic heterocycles. The minimum Gasteiger partial charge on any atom is -0.483 e. The molecule has 4 rings (SSSR count). The highest BCUT2D eigenvalue weighted by molar-refractivity contribution is 7.89. The van der Waals surface area contributed by atoms with E-state index in [1.165, 1.54) is 33.3 Å². The molecule has 2 fully saturated rings. The number of carboxylic acid groups (broad SMARTS) is 1. The van der Waals surface area contributed by atoms with E-state index in [1.807, 2.05) is 4.90 Å². The fraction of sp³-hybridized carbons (Fsp3) is 0.522. The highest BCUT2D eigenvalue weighted by Crippen LogP contribution is 2.30. The minimum atomic E-state index is -3.34. The third-order valence-electron chi connectivity index (χ3n) is 6.40. The van der Waals surface area contributed by atoms with Gasteiger partial charge in [-0.1, -0.05) is 0 Å². The maximum Gasteiger partial charge on any atom is 0.335 e. The first-order valence-electron chi connectivity index (χ1n) is 11.5. The molecule has 1 aromatic carbocycles. The van der Waals surface area contributed by atoms with Gasteiger partial charge in [-0.15, -0.1) is 0 Å². The summed E-state index contributed by atoms with van der Waals surface area (Å²) in [5.41, 5.74) is 0.678. The van der Waals surface area contributed by atoms with E-state index in [0.29, 0.717) is 37.6 Å². The van der Waals surface area contributed by atoms with E-state index < -0.39 is 26.8 Å². The number of ether oxygens (including phenoxy) is 1. The number of benzene rings is 1. The summed E-state index contributed by atoms with van der Waals surface area (Å²) in [5.74, 6) is -0.851. The number of nitrogens with zero attached hydrogens (tertiary/aromatic N) is 4. The molecule has 2 heterocycles. The number of anilines is 1. The second-order valence-corrected chi connectivity index (χ2v) is 11.4. The second-order valence-electron chi connectivity index (χ2n) is 8.93. The van der Waals surface area contributed by atoms with Crippen LogP contribution in [-0.4, -0.2) is 71.1 Å². The highest BCUT2D eigenvalue weighted by Gasteiger charge is 2.31. The van der Waals surface area contributed by atoms with Crippen molar-refractivity contribution >= 4 is 21.7 Å². The van der Waals surface area contributed by atoms with Crippen molar-refractivity contribution in [3.05, 3.63) is 46.4 Å². The lowest BCUT2D eigenvalue weighted by atomic mass is 10.2. The predicted octanol–water partition coefficient (Wildman–Crippen LogP) is 2.11. The van der Waals surface area contributed by atoms with Gasteiger partial charge in [-0.3, -0.25) is 4.79 Å². The first-order valence-corrected chi connectivity index (χ1v) is 13.1. The van der Waals surface area contributed by atoms with Gasteiger partial charge in [0.1, 0.15) is 5.69 Å². The van der Waals surface area contributed by atoms with Crippen molar-refractivity contribution in [2.75, 3.05) is 31.1 Å². The van der Waals surface area contributed by atoms with Gasteiger partial charge in [0, 0.05) is 26.2 Å². The largest absolute Gasteiger partial charge is 0.483 e. The van der Waals surface area contributed by atoms with Gasteiger partial charge in [-0.25, -0.2) is 13.2 Å². The van der Waals surface area contributed by atoms with E-state index in [4.69, 9.17) is 9.84 Å². The zero-order valence-corrected chi connectivity index (χ0v) is 20.2. The number of piperazine rings is 1. The Labute approximate surface area is 198 Å². The highest BCUT2D eigenvalue weighted by atomic mass is 32.2. The van der Waals surface area contributed by atoms with Crippen LogP contribution in [0.5, 0.6) is 5.75 Å². The summed E-state index contributed by atoms with van der Waals surface area (Å²) in [4.78, 5) is 26.6. The summed E-state index contributed by atoms with van der Waals surface area (Å²) < 4.78 is 34.0. The lowest BCUT2D eigenvalue weighted by molar-refractivity contribution is 0.0697. The molecule has 10 nitrogen and oxygen atoms in total. The monoisotopic (exact) mass is 490 g/mol. The lowest BCUT2D eigenvalue weighted by Crippen LogP contribution is -2.50. The van der Waals surface area contributed by atoms with E-state index in [0.717, 1.165) is 25.7 Å². The van der Waals surface area contributed by atoms with Crippen LogP contribution < -0.4 is 15.2 Å². The van der Waals surface area contributed by atoms with E-state index in [2.05, 4.69) is 5.10 Å². The molecule has 1 saturated carbocycles. The standard InChI is InChI=1S/C23H30N4O6S/c1-16(2)34(31,32)26-13-11-25(12-14-26)20-15-24-27(18-9-7-17(8-10-18)23(29)30)22(28)21(20)33-19-5-3-4-6-19/h7-10,15-16,19H,3-6,11-14H2,1-2H3,(H,29,30). The third kappa shape index (κ3) is 4.80. The van der Waals surface area contributed by atoms with Crippen molar-refractivity contribution in [3.8, 4) is 11.4 Å². The first kappa shape index (κ1) is 24.2. The molecule has 1 saturated heterocycles. The molecule has 1 aliphatic carbocycles. The summed E-state index contributed by atoms with van der Waals surface area (Å²) in [5, 5.41) is 13.0. The molecule has 2 aliphatic rings. The summed E-state index contributed by atoms with van der Waals surface area (Å²) in [6.45, 7) is 4.83. The SMILES string of the molecule is CC(C)S(=O)(=O)N1CCN(c2cnn(-c3ccc(C(=O)O)cc3)c(=O)c2OC2CCCC2)CC1. The summed E-state index contributed by atoms with van der Waals surface area (Å²) in [6.07, 6.45) is 5.34. The van der Waals surface area contributed by atoms with E-state index >= 15 is 0 Å². The van der Waals surface area contributed by atoms with Gasteiger partial charge >= 0.3 is 11.5 Å². The van der Waals surface area contributed by atoms with Crippen molar-refractivity contribution in [2.24, 2.45) is 0 Å². The van der Waals surface area contributed by atoms with Crippen LogP contribution in [0.2, 0.25) is 0 Å². The van der Waals surface area contributed by atoms with Crippen LogP contribution in [0.4, 0.5) is 5.69 Å². The number of rotatable bonds is 7. The maximum absolute atomic E-state index is 13.5. The number of aromatic nitrogens is 2. The van der Waals surface area contributed by atoms with Crippen LogP contribution in [-0.2, 0) is 10.0 Å². The zero-order chi connectivity index (χ0) is 24.5. The van der Waals surface area contributed by atoms with Gasteiger partial charge in [0.2, 0.25) is 15.8 Å². The van der Waals surface area contributed by atoms with E-state index in [9.17, 15) is 18.0 Å². The maximum atomic E-state index is 13.5. The molecular formula is C23H30N4O6S. The Morgan fingerprint density at radius 2 is 1.71 bits per heavy atom. The Hall–Kier alpha value is -2.92. The molecule has 1 N–H and O–H groups in total. The fourth-order valence-electron chi connectivity index (χ4n) is 4.35. The Balaban J connectivity index is 1.65. The van der Waals surface area contributed by atoms with Gasteiger partial charge in [-0.2, -0.15) is 14.1 Å². The zero-order valence-electron chi connectivity index (χ0n) is 19.4. The smallest absolute Gasteiger partial charge is 0.335 e. The number of carboxylic acids is 1. The molecule has 0 spiro atoms. The van der Waals surface area contributed by atoms with Crippen molar-refractivity contribution in [1.82, 2.24) is 14.1 Å². The van der Waals surface area contributed by atoms with Crippen molar-refractivity contribution in [2.45, 2.75) is 50.9 Å². The number of hydrogen-bond donors (Lipinski definition) is 1. The molecule has 0 amide bonds. The van der Waals surface area contributed by atoms with Gasteiger partial charge < -0.3 is 14.7 Å². The van der Waals surface area contributed by atoms with Crippen molar-refractivity contribution < 1.29 is 23.1 Å². The van der Waals surface area contributed by atoms with Crippen molar-refractivity contribution in [1.29, 1.82) is 0 Å². The Morgan fingerprint density at radius 1 is 1.09 bits per heavy atom. The second kappa shape index (κ2) is 9.75. The summed E-state index contributed by atoms with van der Waals surface area (Å²) in [6, 6.07) is 5.91. The first-order chi connectivity index (χ1) is 16.2. The molecule has 0 atom stereocenters. The van der Waals surface area contributed by atoms with Gasteiger partial charge in [-0.05, 0) is 63.8 Å². The molecule has 1 aliphatic heterocycles. The molecule has 184 valence electrons. The molecule has 11 heteroatoms. The van der Waals surface area contributed by atoms with Gasteiger partial charge in [0.25, 0.3) is 0 Å². The molecular weight excluding hydrogens is 460 g/mol. The summed E-state index contributed by atoms with van der Waals surface area (Å²) >= 11 is 0. The van der Waals surface area contributed by atoms with Crippen LogP contribution >= 0.6 is 0 Å². The number of aromatic carboxylic acids is 1. The summed E-state index contributed by atoms with van der Waals surface area (Å²) in [7, 11) is -3.34. The fourth-order valence-corrected chi connectivity index (χ4v) is 5.62. The Bertz CT molecular complexity index is 1190. The lowest BCUT2D eigenvalue weighted by Gasteiger charge is -2.36. The third-order valence-corrected chi connectivity index (χ3v) is 8.67. The van der Waals surface area contributed by atoms with Crippen molar-refractivity contribution in [3.63, 3.8) is 0 Å². The number of carbonyl (C=O) groups is 1. The van der Waals surface area contributed by atoms with Gasteiger partial charge in [0.05, 0.1) is 28.8 Å². The van der Waals surface area contributed by atoms with Crippen LogP contribution in [0.25, 0.3) is 5.69 Å². The van der Waals surface area contributed by atoms with E-state index in [1.54, 1.807) is 20.0 Å². The van der Waals surface area contributed by atoms with Crippen LogP contribution in [0.3, 0.4) is 0 Å². The van der Waals surface area contributed by atoms with Crippen LogP contribution in [0, 0.1) is 0 Å². The molecule has 0 unspecified atom stereocenters. The molecule has 0 bridgehead atoms. The van der Waals surface area contributed by atoms with E-state index in [-0.39, 0.29) is 17.4 Å². The minimum absolute atomic E-state index is 0.0562. The molecule has 0 radical (unpaired) electrons. The normalized spacial score (nSPS) is 17.9.